The van der Waals surface area contributed by atoms with E-state index < -0.39 is 6.10 Å². The monoisotopic (exact) mass is 266 g/mol. The Bertz CT molecular complexity index is 559. The third-order valence-corrected chi connectivity index (χ3v) is 3.07. The van der Waals surface area contributed by atoms with Gasteiger partial charge in [-0.3, -0.25) is 4.79 Å². The topological polar surface area (TPSA) is 39.4 Å². The molecule has 0 amide bonds. The number of benzene rings is 1. The highest BCUT2D eigenvalue weighted by Crippen LogP contribution is 2.27. The van der Waals surface area contributed by atoms with Gasteiger partial charge in [0.15, 0.2) is 11.3 Å². The summed E-state index contributed by atoms with van der Waals surface area (Å²) in [5.74, 6) is 0.171. The predicted molar refractivity (Wildman–Crippen MR) is 71.3 cm³/mol. The Kier molecular flexibility index (Phi) is 4.04. The minimum Gasteiger partial charge on any atom is -0.451 e. The maximum Gasteiger partial charge on any atom is 0.226 e. The van der Waals surface area contributed by atoms with Gasteiger partial charge < -0.3 is 9.15 Å². The lowest BCUT2D eigenvalue weighted by Crippen LogP contribution is -2.23. The lowest BCUT2D eigenvalue weighted by atomic mass is 10.1. The van der Waals surface area contributed by atoms with Crippen LogP contribution < -0.4 is 0 Å². The zero-order valence-corrected chi connectivity index (χ0v) is 11.2. The number of ketones is 1. The molecular weight excluding hydrogens is 252 g/mol. The highest BCUT2D eigenvalue weighted by molar-refractivity contribution is 6.34. The van der Waals surface area contributed by atoms with Crippen LogP contribution in [0, 0.1) is 0 Å². The molecule has 18 heavy (non-hydrogen) atoms. The van der Waals surface area contributed by atoms with E-state index in [1.807, 2.05) is 26.0 Å². The number of hydrogen-bond donors (Lipinski definition) is 0. The van der Waals surface area contributed by atoms with Gasteiger partial charge in [0.25, 0.3) is 0 Å². The van der Waals surface area contributed by atoms with E-state index in [1.165, 1.54) is 0 Å². The summed E-state index contributed by atoms with van der Waals surface area (Å²) in [7, 11) is 0. The van der Waals surface area contributed by atoms with Crippen molar-refractivity contribution in [3.05, 3.63) is 35.0 Å². The second kappa shape index (κ2) is 5.55. The van der Waals surface area contributed by atoms with Crippen molar-refractivity contribution in [3.63, 3.8) is 0 Å². The summed E-state index contributed by atoms with van der Waals surface area (Å²) in [5, 5.41) is 1.34. The highest BCUT2D eigenvalue weighted by Gasteiger charge is 2.22. The van der Waals surface area contributed by atoms with E-state index >= 15 is 0 Å². The number of carbonyl (C=O) groups excluding carboxylic acids is 1. The molecule has 1 aromatic carbocycles. The van der Waals surface area contributed by atoms with Crippen LogP contribution in [0.25, 0.3) is 11.0 Å². The minimum absolute atomic E-state index is 0.133. The average molecular weight is 267 g/mol. The van der Waals surface area contributed by atoms with E-state index in [4.69, 9.17) is 20.8 Å². The zero-order chi connectivity index (χ0) is 13.1. The standard InChI is InChI=1S/C14H15ClO3/c1-3-11(17-4-2)13(16)12-8-9-6-5-7-10(15)14(9)18-12/h5-8,11H,3-4H2,1-2H3. The number of fused-ring (bicyclic) bond motifs is 1. The quantitative estimate of drug-likeness (QED) is 0.766. The molecule has 3 nitrogen and oxygen atoms in total. The maximum atomic E-state index is 12.2. The second-order valence-electron chi connectivity index (χ2n) is 3.99. The van der Waals surface area contributed by atoms with Crippen LogP contribution in [-0.2, 0) is 4.74 Å². The van der Waals surface area contributed by atoms with Crippen molar-refractivity contribution in [2.45, 2.75) is 26.4 Å². The molecule has 0 aliphatic rings. The first kappa shape index (κ1) is 13.1. The summed E-state index contributed by atoms with van der Waals surface area (Å²) in [6, 6.07) is 7.14. The molecule has 0 aliphatic carbocycles. The number of carbonyl (C=O) groups is 1. The molecule has 0 saturated carbocycles. The fraction of sp³-hybridized carbons (Fsp3) is 0.357. The molecule has 1 heterocycles. The van der Waals surface area contributed by atoms with Gasteiger partial charge in [0.1, 0.15) is 6.10 Å². The van der Waals surface area contributed by atoms with Crippen molar-refractivity contribution >= 4 is 28.4 Å². The largest absolute Gasteiger partial charge is 0.451 e. The molecule has 96 valence electrons. The molecule has 4 heteroatoms. The van der Waals surface area contributed by atoms with Crippen LogP contribution in [0.15, 0.2) is 28.7 Å². The minimum atomic E-state index is -0.450. The Morgan fingerprint density at radius 3 is 2.83 bits per heavy atom. The number of furan rings is 1. The van der Waals surface area contributed by atoms with E-state index in [2.05, 4.69) is 0 Å². The van der Waals surface area contributed by atoms with E-state index in [1.54, 1.807) is 12.1 Å². The first-order chi connectivity index (χ1) is 8.67. The normalized spacial score (nSPS) is 12.8. The summed E-state index contributed by atoms with van der Waals surface area (Å²) in [5.41, 5.74) is 0.550. The molecule has 0 N–H and O–H groups in total. The Labute approximate surface area is 111 Å². The highest BCUT2D eigenvalue weighted by atomic mass is 35.5. The van der Waals surface area contributed by atoms with Crippen LogP contribution in [0.2, 0.25) is 5.02 Å². The van der Waals surface area contributed by atoms with Gasteiger partial charge in [-0.25, -0.2) is 0 Å². The number of para-hydroxylation sites is 1. The van der Waals surface area contributed by atoms with Gasteiger partial charge in [0.2, 0.25) is 5.78 Å². The number of Topliss-reactive ketones (excluding diaryl/α,β-unsaturated/α-hetero) is 1. The van der Waals surface area contributed by atoms with E-state index in [-0.39, 0.29) is 5.78 Å². The molecule has 1 atom stereocenters. The fourth-order valence-corrected chi connectivity index (χ4v) is 2.11. The molecule has 2 aromatic rings. The van der Waals surface area contributed by atoms with Gasteiger partial charge in [-0.05, 0) is 25.5 Å². The van der Waals surface area contributed by atoms with E-state index in [0.717, 1.165) is 5.39 Å². The van der Waals surface area contributed by atoms with Crippen molar-refractivity contribution in [2.24, 2.45) is 0 Å². The summed E-state index contributed by atoms with van der Waals surface area (Å²) in [6.45, 7) is 4.28. The molecule has 0 radical (unpaired) electrons. The second-order valence-corrected chi connectivity index (χ2v) is 4.39. The van der Waals surface area contributed by atoms with Crippen molar-refractivity contribution in [1.82, 2.24) is 0 Å². The molecule has 0 saturated heterocycles. The first-order valence-corrected chi connectivity index (χ1v) is 6.39. The molecule has 2 rings (SSSR count). The van der Waals surface area contributed by atoms with Gasteiger partial charge in [0, 0.05) is 12.0 Å². The number of rotatable bonds is 5. The Balaban J connectivity index is 2.36. The van der Waals surface area contributed by atoms with Crippen LogP contribution >= 0.6 is 11.6 Å². The summed E-state index contributed by atoms with van der Waals surface area (Å²) in [4.78, 5) is 12.2. The van der Waals surface area contributed by atoms with Gasteiger partial charge >= 0.3 is 0 Å². The Morgan fingerprint density at radius 1 is 1.44 bits per heavy atom. The molecular formula is C14H15ClO3. The van der Waals surface area contributed by atoms with Crippen molar-refractivity contribution in [2.75, 3.05) is 6.61 Å². The lowest BCUT2D eigenvalue weighted by Gasteiger charge is -2.11. The van der Waals surface area contributed by atoms with Crippen molar-refractivity contribution in [3.8, 4) is 0 Å². The molecule has 0 bridgehead atoms. The first-order valence-electron chi connectivity index (χ1n) is 6.01. The van der Waals surface area contributed by atoms with Crippen LogP contribution in [0.4, 0.5) is 0 Å². The average Bonchev–Trinajstić information content (AvgIpc) is 2.80. The van der Waals surface area contributed by atoms with Gasteiger partial charge in [-0.1, -0.05) is 30.7 Å². The van der Waals surface area contributed by atoms with Crippen LogP contribution in [0.1, 0.15) is 30.8 Å². The maximum absolute atomic E-state index is 12.2. The molecule has 0 aliphatic heterocycles. The van der Waals surface area contributed by atoms with Gasteiger partial charge in [-0.2, -0.15) is 0 Å². The third-order valence-electron chi connectivity index (χ3n) is 2.77. The number of hydrogen-bond acceptors (Lipinski definition) is 3. The third kappa shape index (κ3) is 2.42. The van der Waals surface area contributed by atoms with Crippen LogP contribution in [0.5, 0.6) is 0 Å². The van der Waals surface area contributed by atoms with Crippen molar-refractivity contribution in [1.29, 1.82) is 0 Å². The van der Waals surface area contributed by atoms with Gasteiger partial charge in [-0.15, -0.1) is 0 Å². The molecule has 1 aromatic heterocycles. The Hall–Kier alpha value is -1.32. The fourth-order valence-electron chi connectivity index (χ4n) is 1.89. The summed E-state index contributed by atoms with van der Waals surface area (Å²) in [6.07, 6.45) is 0.173. The number of halogens is 1. The SMILES string of the molecule is CCOC(CC)C(=O)c1cc2cccc(Cl)c2o1. The summed E-state index contributed by atoms with van der Waals surface area (Å²) < 4.78 is 10.9. The van der Waals surface area contributed by atoms with Gasteiger partial charge in [0.05, 0.1) is 5.02 Å². The molecule has 0 fully saturated rings. The lowest BCUT2D eigenvalue weighted by molar-refractivity contribution is 0.0421. The predicted octanol–water partition coefficient (Wildman–Crippen LogP) is 4.08. The smallest absolute Gasteiger partial charge is 0.226 e. The molecule has 1 unspecified atom stereocenters. The van der Waals surface area contributed by atoms with Crippen LogP contribution in [-0.4, -0.2) is 18.5 Å². The van der Waals surface area contributed by atoms with E-state index in [0.29, 0.717) is 29.4 Å². The van der Waals surface area contributed by atoms with Crippen LogP contribution in [0.3, 0.4) is 0 Å². The number of ether oxygens (including phenoxy) is 1. The Morgan fingerprint density at radius 2 is 2.22 bits per heavy atom. The molecule has 0 spiro atoms. The van der Waals surface area contributed by atoms with Crippen molar-refractivity contribution < 1.29 is 13.9 Å². The van der Waals surface area contributed by atoms with E-state index in [9.17, 15) is 4.79 Å². The zero-order valence-electron chi connectivity index (χ0n) is 10.4. The summed E-state index contributed by atoms with van der Waals surface area (Å²) >= 11 is 6.01.